The van der Waals surface area contributed by atoms with Gasteiger partial charge in [-0.05, 0) is 171 Å². The summed E-state index contributed by atoms with van der Waals surface area (Å²) in [6.07, 6.45) is 12.4. The summed E-state index contributed by atoms with van der Waals surface area (Å²) < 4.78 is 24.7. The lowest BCUT2D eigenvalue weighted by molar-refractivity contribution is 0.169. The van der Waals surface area contributed by atoms with E-state index in [2.05, 4.69) is 147 Å². The Labute approximate surface area is 400 Å². The van der Waals surface area contributed by atoms with E-state index < -0.39 is 22.5 Å². The molecule has 10 nitrogen and oxygen atoms in total. The standard InChI is InChI=1S/C60H42N4O6/c1-59(2)45(31-43-51(69-59)23-11-33-13-25-53(65)67-57(33)43)35-7-5-9-37(27-35)55-47-19-15-39(61-47)29-41-17-21-49(63-41)56(50-22-18-42(64-50)30-40-16-20-48(55)62-40)38-10-6-8-36(28-38)46-32-44-52(70-60(46,3)4)24-12-34-14-26-54(66)68-58(34)44/h5-32,61,64H,1-4H3. The van der Waals surface area contributed by atoms with Crippen molar-refractivity contribution < 1.29 is 18.3 Å². The van der Waals surface area contributed by atoms with Crippen molar-refractivity contribution in [1.29, 1.82) is 0 Å². The van der Waals surface area contributed by atoms with E-state index >= 15 is 0 Å². The fourth-order valence-corrected chi connectivity index (χ4v) is 10.2. The van der Waals surface area contributed by atoms with Gasteiger partial charge in [0.25, 0.3) is 0 Å². The molecular formula is C60H42N4O6. The van der Waals surface area contributed by atoms with Crippen LogP contribution in [0.2, 0.25) is 0 Å². The van der Waals surface area contributed by atoms with Gasteiger partial charge >= 0.3 is 11.3 Å². The van der Waals surface area contributed by atoms with Crippen LogP contribution in [0.25, 0.3) is 114 Å². The highest BCUT2D eigenvalue weighted by molar-refractivity contribution is 6.01. The van der Waals surface area contributed by atoms with Gasteiger partial charge in [-0.3, -0.25) is 0 Å². The number of aromatic amines is 2. The zero-order valence-electron chi connectivity index (χ0n) is 38.5. The molecule has 0 spiro atoms. The summed E-state index contributed by atoms with van der Waals surface area (Å²) in [5, 5.41) is 1.64. The van der Waals surface area contributed by atoms with Crippen LogP contribution in [0.4, 0.5) is 0 Å². The number of nitrogens with zero attached hydrogens (tertiary/aromatic N) is 2. The van der Waals surface area contributed by atoms with Crippen molar-refractivity contribution >= 4 is 91.6 Å². The second kappa shape index (κ2) is 15.2. The van der Waals surface area contributed by atoms with Crippen molar-refractivity contribution in [1.82, 2.24) is 19.9 Å². The van der Waals surface area contributed by atoms with Crippen LogP contribution < -0.4 is 20.7 Å². The molecular weight excluding hydrogens is 873 g/mol. The van der Waals surface area contributed by atoms with E-state index in [1.165, 1.54) is 12.1 Å². The molecule has 4 aliphatic rings. The summed E-state index contributed by atoms with van der Waals surface area (Å²) in [6, 6.07) is 43.4. The van der Waals surface area contributed by atoms with E-state index in [9.17, 15) is 9.59 Å². The maximum atomic E-state index is 12.4. The third-order valence-corrected chi connectivity index (χ3v) is 13.5. The van der Waals surface area contributed by atoms with E-state index in [4.69, 9.17) is 28.3 Å². The third kappa shape index (κ3) is 6.94. The van der Waals surface area contributed by atoms with Gasteiger partial charge in [0.1, 0.15) is 33.9 Å². The van der Waals surface area contributed by atoms with Gasteiger partial charge < -0.3 is 28.3 Å². The maximum absolute atomic E-state index is 12.4. The number of fused-ring (bicyclic) bond motifs is 14. The molecule has 4 aromatic carbocycles. The largest absolute Gasteiger partial charge is 0.482 e. The molecule has 0 aliphatic carbocycles. The number of aromatic nitrogens is 4. The zero-order valence-corrected chi connectivity index (χ0v) is 38.5. The van der Waals surface area contributed by atoms with Crippen LogP contribution in [0.15, 0.2) is 152 Å². The Morgan fingerprint density at radius 1 is 0.457 bits per heavy atom. The molecule has 0 fully saturated rings. The number of benzene rings is 4. The molecule has 10 heteroatoms. The summed E-state index contributed by atoms with van der Waals surface area (Å²) in [5.41, 5.74) is 14.6. The molecule has 338 valence electrons. The van der Waals surface area contributed by atoms with Gasteiger partial charge in [-0.1, -0.05) is 36.4 Å². The summed E-state index contributed by atoms with van der Waals surface area (Å²) in [7, 11) is 0. The highest BCUT2D eigenvalue weighted by Crippen LogP contribution is 2.46. The van der Waals surface area contributed by atoms with Crippen LogP contribution in [-0.4, -0.2) is 31.1 Å². The van der Waals surface area contributed by atoms with Gasteiger partial charge in [-0.25, -0.2) is 19.6 Å². The van der Waals surface area contributed by atoms with Crippen molar-refractivity contribution in [3.63, 3.8) is 0 Å². The Balaban J connectivity index is 0.950. The van der Waals surface area contributed by atoms with E-state index in [0.717, 1.165) is 111 Å². The van der Waals surface area contributed by atoms with E-state index in [-0.39, 0.29) is 0 Å². The second-order valence-electron chi connectivity index (χ2n) is 19.0. The fourth-order valence-electron chi connectivity index (χ4n) is 10.2. The van der Waals surface area contributed by atoms with Gasteiger partial charge in [0.2, 0.25) is 0 Å². The lowest BCUT2D eigenvalue weighted by Gasteiger charge is -2.34. The van der Waals surface area contributed by atoms with Crippen LogP contribution in [0, 0.1) is 0 Å². The minimum Gasteiger partial charge on any atom is -0.482 e. The summed E-state index contributed by atoms with van der Waals surface area (Å²) >= 11 is 0. The molecule has 4 aliphatic heterocycles. The molecule has 2 N–H and O–H groups in total. The Kier molecular flexibility index (Phi) is 8.97. The van der Waals surface area contributed by atoms with Gasteiger partial charge in [0, 0.05) is 67.2 Å². The number of H-pyrrole nitrogens is 2. The molecule has 0 saturated carbocycles. The molecule has 70 heavy (non-hydrogen) atoms. The Morgan fingerprint density at radius 2 is 0.886 bits per heavy atom. The quantitative estimate of drug-likeness (QED) is 0.167. The van der Waals surface area contributed by atoms with Gasteiger partial charge in [0.15, 0.2) is 0 Å². The molecule has 13 rings (SSSR count). The molecule has 0 radical (unpaired) electrons. The molecule has 9 heterocycles. The van der Waals surface area contributed by atoms with E-state index in [1.807, 2.05) is 36.4 Å². The zero-order chi connectivity index (χ0) is 47.5. The minimum absolute atomic E-state index is 0.411. The van der Waals surface area contributed by atoms with Crippen molar-refractivity contribution in [3.05, 3.63) is 199 Å². The Morgan fingerprint density at radius 3 is 1.34 bits per heavy atom. The smallest absolute Gasteiger partial charge is 0.336 e. The fraction of sp³-hybridized carbons (Fsp3) is 0.100. The number of nitrogens with one attached hydrogen (secondary N) is 2. The Hall–Kier alpha value is -9.02. The predicted molar refractivity (Wildman–Crippen MR) is 280 cm³/mol. The normalized spacial score (nSPS) is 15.2. The highest BCUT2D eigenvalue weighted by Gasteiger charge is 2.34. The molecule has 5 aromatic heterocycles. The number of hydrogen-bond acceptors (Lipinski definition) is 8. The maximum Gasteiger partial charge on any atom is 0.336 e. The van der Waals surface area contributed by atoms with Crippen molar-refractivity contribution in [2.75, 3.05) is 0 Å². The molecule has 0 unspecified atom stereocenters. The van der Waals surface area contributed by atoms with E-state index in [0.29, 0.717) is 22.7 Å². The minimum atomic E-state index is -0.696. The lowest BCUT2D eigenvalue weighted by Crippen LogP contribution is -2.32. The van der Waals surface area contributed by atoms with Crippen LogP contribution >= 0.6 is 0 Å². The first-order valence-corrected chi connectivity index (χ1v) is 23.2. The monoisotopic (exact) mass is 914 g/mol. The number of rotatable bonds is 4. The lowest BCUT2D eigenvalue weighted by atomic mass is 9.85. The van der Waals surface area contributed by atoms with Crippen LogP contribution in [0.5, 0.6) is 11.5 Å². The second-order valence-corrected chi connectivity index (χ2v) is 19.0. The number of hydrogen-bond donors (Lipinski definition) is 2. The van der Waals surface area contributed by atoms with Gasteiger partial charge in [0.05, 0.1) is 33.9 Å². The molecule has 0 saturated heterocycles. The predicted octanol–water partition coefficient (Wildman–Crippen LogP) is 13.6. The van der Waals surface area contributed by atoms with Crippen molar-refractivity contribution in [2.45, 2.75) is 38.9 Å². The van der Waals surface area contributed by atoms with Crippen LogP contribution in [0.1, 0.15) is 72.7 Å². The van der Waals surface area contributed by atoms with Crippen molar-refractivity contribution in [2.24, 2.45) is 0 Å². The van der Waals surface area contributed by atoms with Gasteiger partial charge in [-0.2, -0.15) is 0 Å². The first-order valence-electron chi connectivity index (χ1n) is 23.2. The van der Waals surface area contributed by atoms with Gasteiger partial charge in [-0.15, -0.1) is 0 Å². The molecule has 8 bridgehead atoms. The van der Waals surface area contributed by atoms with Crippen LogP contribution in [-0.2, 0) is 0 Å². The van der Waals surface area contributed by atoms with E-state index in [1.54, 1.807) is 12.1 Å². The summed E-state index contributed by atoms with van der Waals surface area (Å²) in [4.78, 5) is 42.6. The first-order chi connectivity index (χ1) is 33.9. The average molecular weight is 915 g/mol. The topological polar surface area (TPSA) is 136 Å². The highest BCUT2D eigenvalue weighted by atomic mass is 16.5. The first kappa shape index (κ1) is 41.2. The Bertz CT molecular complexity index is 3920. The molecule has 0 amide bonds. The SMILES string of the molecule is CC1(C)Oc2ccc3ccc(=O)oc3c2C=C1c1cccc(-c2c3nc(cc4ccc([nH]4)c(-c4cccc(C5=Cc6c(ccc7ccc(=O)oc67)OC5(C)C)c4)c4nc(cc5ccc2[nH]5)C=C4)C=C3)c1. The number of ether oxygens (including phenoxy) is 2. The van der Waals surface area contributed by atoms with Crippen molar-refractivity contribution in [3.8, 4) is 33.8 Å². The molecule has 9 aromatic rings. The molecule has 0 atom stereocenters. The summed E-state index contributed by atoms with van der Waals surface area (Å²) in [6.45, 7) is 8.21. The third-order valence-electron chi connectivity index (χ3n) is 13.5. The van der Waals surface area contributed by atoms with Crippen LogP contribution in [0.3, 0.4) is 0 Å². The summed E-state index contributed by atoms with van der Waals surface area (Å²) in [5.74, 6) is 1.32. The average Bonchev–Trinajstić information content (AvgIpc) is 4.19.